The molecule has 0 aromatic carbocycles. The van der Waals surface area contributed by atoms with Crippen molar-refractivity contribution in [3.05, 3.63) is 0 Å². The van der Waals surface area contributed by atoms with E-state index in [1.807, 2.05) is 0 Å². The van der Waals surface area contributed by atoms with Crippen LogP contribution < -0.4 is 0 Å². The van der Waals surface area contributed by atoms with Crippen LogP contribution in [0.5, 0.6) is 0 Å². The maximum absolute atomic E-state index is 7.57. The fraction of sp³-hybridized carbons (Fsp3) is 1.00. The van der Waals surface area contributed by atoms with E-state index >= 15 is 0 Å². The number of aliphatic hydroxyl groups excluding tert-OH is 1. The van der Waals surface area contributed by atoms with Gasteiger partial charge < -0.3 is 19.8 Å². The first-order valence-corrected chi connectivity index (χ1v) is 4.47. The number of aliphatic hydroxyl groups is 1. The maximum atomic E-state index is 7.57. The number of hydrogen-bond acceptors (Lipinski definition) is 2. The number of rotatable bonds is 0. The molecule has 0 unspecified atom stereocenters. The molecule has 0 saturated carbocycles. The Morgan fingerprint density at radius 1 is 1.38 bits per heavy atom. The van der Waals surface area contributed by atoms with Crippen LogP contribution in [0.2, 0.25) is 0 Å². The third-order valence-electron chi connectivity index (χ3n) is 0. The van der Waals surface area contributed by atoms with Gasteiger partial charge >= 0.3 is 6.72 Å². The molecular weight excluding hydrogens is 151 g/mol. The quantitative estimate of drug-likeness (QED) is 0.348. The summed E-state index contributed by atoms with van der Waals surface area (Å²) >= 11 is 3.60. The van der Waals surface area contributed by atoms with Crippen LogP contribution in [0.15, 0.2) is 0 Å². The minimum absolute atomic E-state index is 0.250. The fourth-order valence-corrected chi connectivity index (χ4v) is 0. The second-order valence-electron chi connectivity index (χ2n) is 0.830. The molecule has 0 fully saturated rings. The summed E-state index contributed by atoms with van der Waals surface area (Å²) in [6.07, 6.45) is 0. The second kappa shape index (κ2) is 5.62. The molecular formula is C2H9O4PS. The Kier molecular flexibility index (Phi) is 7.95. The molecule has 4 N–H and O–H groups in total. The Labute approximate surface area is 52.7 Å². The van der Waals surface area contributed by atoms with Crippen LogP contribution in [0, 0.1) is 0 Å². The van der Waals surface area contributed by atoms with Crippen LogP contribution in [-0.4, -0.2) is 26.4 Å². The lowest BCUT2D eigenvalue weighted by molar-refractivity contribution is 0.318. The molecule has 0 spiro atoms. The van der Waals surface area contributed by atoms with Crippen LogP contribution in [0.3, 0.4) is 0 Å². The van der Waals surface area contributed by atoms with Gasteiger partial charge in [-0.05, 0) is 18.7 Å². The summed E-state index contributed by atoms with van der Waals surface area (Å²) in [5.41, 5.74) is 0. The van der Waals surface area contributed by atoms with Crippen molar-refractivity contribution in [2.75, 3.05) is 6.61 Å². The predicted octanol–water partition coefficient (Wildman–Crippen LogP) is -0.814. The highest BCUT2D eigenvalue weighted by Gasteiger charge is 1.92. The van der Waals surface area contributed by atoms with E-state index in [4.69, 9.17) is 19.8 Å². The van der Waals surface area contributed by atoms with Crippen LogP contribution in [0.4, 0.5) is 0 Å². The van der Waals surface area contributed by atoms with Gasteiger partial charge in [-0.3, -0.25) is 0 Å². The molecule has 0 aromatic heterocycles. The highest BCUT2D eigenvalue weighted by atomic mass is 32.5. The minimum Gasteiger partial charge on any atom is -0.397 e. The molecule has 0 aromatic rings. The Morgan fingerprint density at radius 2 is 1.38 bits per heavy atom. The van der Waals surface area contributed by atoms with Gasteiger partial charge in [0.25, 0.3) is 0 Å². The Hall–Kier alpha value is 0.490. The Balaban J connectivity index is 0. The van der Waals surface area contributed by atoms with Crippen molar-refractivity contribution in [2.24, 2.45) is 0 Å². The summed E-state index contributed by atoms with van der Waals surface area (Å²) in [7, 11) is 0. The average molecular weight is 160 g/mol. The first kappa shape index (κ1) is 11.3. The highest BCUT2D eigenvalue weighted by molar-refractivity contribution is 8.06. The van der Waals surface area contributed by atoms with Crippen molar-refractivity contribution < 1.29 is 19.8 Å². The lowest BCUT2D eigenvalue weighted by Gasteiger charge is -1.88. The average Bonchev–Trinajstić information content (AvgIpc) is 1.27. The maximum Gasteiger partial charge on any atom is 0.319 e. The molecule has 52 valence electrons. The fourth-order valence-electron chi connectivity index (χ4n) is 0. The molecule has 0 heterocycles. The van der Waals surface area contributed by atoms with E-state index in [1.165, 1.54) is 0 Å². The summed E-state index contributed by atoms with van der Waals surface area (Å²) in [5.74, 6) is 0. The van der Waals surface area contributed by atoms with Crippen molar-refractivity contribution >= 4 is 18.5 Å². The molecule has 0 radical (unpaired) electrons. The summed E-state index contributed by atoms with van der Waals surface area (Å²) in [5, 5.41) is 7.57. The van der Waals surface area contributed by atoms with Gasteiger partial charge in [0.05, 0.1) is 0 Å². The van der Waals surface area contributed by atoms with Crippen molar-refractivity contribution in [3.63, 3.8) is 0 Å². The molecule has 0 bridgehead atoms. The van der Waals surface area contributed by atoms with Gasteiger partial charge in [-0.1, -0.05) is 0 Å². The predicted molar refractivity (Wildman–Crippen MR) is 33.7 cm³/mol. The first-order chi connectivity index (χ1) is 3.41. The minimum atomic E-state index is -3.81. The van der Waals surface area contributed by atoms with Gasteiger partial charge in [-0.25, -0.2) is 0 Å². The van der Waals surface area contributed by atoms with E-state index < -0.39 is 6.72 Å². The van der Waals surface area contributed by atoms with E-state index in [9.17, 15) is 0 Å². The molecule has 0 rings (SSSR count). The van der Waals surface area contributed by atoms with E-state index in [0.717, 1.165) is 0 Å². The summed E-state index contributed by atoms with van der Waals surface area (Å²) in [6.45, 7) is -1.87. The third kappa shape index (κ3) is 815. The van der Waals surface area contributed by atoms with Crippen LogP contribution in [0.1, 0.15) is 6.92 Å². The van der Waals surface area contributed by atoms with Crippen molar-refractivity contribution in [1.82, 2.24) is 0 Å². The monoisotopic (exact) mass is 160 g/mol. The van der Waals surface area contributed by atoms with E-state index in [2.05, 4.69) is 11.8 Å². The third-order valence-corrected chi connectivity index (χ3v) is 0. The standard InChI is InChI=1S/C2H6O.H3O3PS/c1-2-3;1-4(2,3)5/h3H,2H2,1H3;(H3,1,2,3,5). The number of hydrogen-bond donors (Lipinski definition) is 4. The Morgan fingerprint density at radius 3 is 1.38 bits per heavy atom. The summed E-state index contributed by atoms with van der Waals surface area (Å²) < 4.78 is 0. The van der Waals surface area contributed by atoms with Crippen LogP contribution in [-0.2, 0) is 11.8 Å². The largest absolute Gasteiger partial charge is 0.397 e. The van der Waals surface area contributed by atoms with E-state index in [1.54, 1.807) is 6.92 Å². The first-order valence-electron chi connectivity index (χ1n) is 1.81. The molecule has 0 atom stereocenters. The zero-order chi connectivity index (χ0) is 7.21. The zero-order valence-electron chi connectivity index (χ0n) is 4.35. The topological polar surface area (TPSA) is 80.9 Å². The molecule has 0 amide bonds. The molecule has 0 aliphatic carbocycles. The van der Waals surface area contributed by atoms with Gasteiger partial charge in [-0.2, -0.15) is 0 Å². The van der Waals surface area contributed by atoms with E-state index in [-0.39, 0.29) is 6.61 Å². The smallest absolute Gasteiger partial charge is 0.319 e. The molecule has 0 aliphatic heterocycles. The summed E-state index contributed by atoms with van der Waals surface area (Å²) in [4.78, 5) is 22.7. The summed E-state index contributed by atoms with van der Waals surface area (Å²) in [6, 6.07) is 0. The van der Waals surface area contributed by atoms with Gasteiger partial charge in [0, 0.05) is 6.61 Å². The molecule has 8 heavy (non-hydrogen) atoms. The van der Waals surface area contributed by atoms with Crippen LogP contribution >= 0.6 is 6.72 Å². The molecule has 0 aliphatic rings. The Bertz CT molecular complexity index is 69.8. The van der Waals surface area contributed by atoms with Gasteiger partial charge in [-0.15, -0.1) is 0 Å². The SMILES string of the molecule is CCO.OP(O)(O)=S. The lowest BCUT2D eigenvalue weighted by atomic mass is 10.9. The van der Waals surface area contributed by atoms with Gasteiger partial charge in [0.1, 0.15) is 0 Å². The van der Waals surface area contributed by atoms with Gasteiger partial charge in [0.15, 0.2) is 0 Å². The highest BCUT2D eigenvalue weighted by Crippen LogP contribution is 2.26. The van der Waals surface area contributed by atoms with Crippen molar-refractivity contribution in [2.45, 2.75) is 6.92 Å². The zero-order valence-corrected chi connectivity index (χ0v) is 6.06. The molecule has 6 heteroatoms. The normalized spacial score (nSPS) is 9.62. The van der Waals surface area contributed by atoms with Crippen molar-refractivity contribution in [1.29, 1.82) is 0 Å². The van der Waals surface area contributed by atoms with Gasteiger partial charge in [0.2, 0.25) is 0 Å². The second-order valence-corrected chi connectivity index (χ2v) is 3.33. The van der Waals surface area contributed by atoms with Crippen LogP contribution in [0.25, 0.3) is 0 Å². The lowest BCUT2D eigenvalue weighted by Crippen LogP contribution is -1.65. The van der Waals surface area contributed by atoms with Crippen molar-refractivity contribution in [3.8, 4) is 0 Å². The molecule has 4 nitrogen and oxygen atoms in total. The van der Waals surface area contributed by atoms with E-state index in [0.29, 0.717) is 0 Å². The molecule has 0 saturated heterocycles.